The highest BCUT2D eigenvalue weighted by molar-refractivity contribution is 9.10. The molecule has 0 fully saturated rings. The SMILES string of the molecule is CCc1cccc(C)c1NS(=O)(=O)c1cccc(Br)c1. The second kappa shape index (κ2) is 5.97. The van der Waals surface area contributed by atoms with E-state index >= 15 is 0 Å². The molecule has 2 aromatic carbocycles. The number of hydrogen-bond donors (Lipinski definition) is 1. The first kappa shape index (κ1) is 15.1. The number of benzene rings is 2. The van der Waals surface area contributed by atoms with E-state index in [2.05, 4.69) is 20.7 Å². The van der Waals surface area contributed by atoms with E-state index in [1.54, 1.807) is 24.3 Å². The molecule has 0 aliphatic rings. The predicted molar refractivity (Wildman–Crippen MR) is 85.5 cm³/mol. The topological polar surface area (TPSA) is 46.2 Å². The molecule has 2 aromatic rings. The lowest BCUT2D eigenvalue weighted by atomic mass is 10.1. The van der Waals surface area contributed by atoms with E-state index in [0.717, 1.165) is 22.0 Å². The molecule has 0 saturated carbocycles. The minimum absolute atomic E-state index is 0.247. The largest absolute Gasteiger partial charge is 0.279 e. The van der Waals surface area contributed by atoms with E-state index < -0.39 is 10.0 Å². The fourth-order valence-corrected chi connectivity index (χ4v) is 3.77. The van der Waals surface area contributed by atoms with Gasteiger partial charge in [-0.3, -0.25) is 4.72 Å². The summed E-state index contributed by atoms with van der Waals surface area (Å²) in [6.45, 7) is 3.91. The van der Waals surface area contributed by atoms with E-state index in [1.165, 1.54) is 0 Å². The Labute approximate surface area is 128 Å². The summed E-state index contributed by atoms with van der Waals surface area (Å²) >= 11 is 3.29. The van der Waals surface area contributed by atoms with E-state index in [-0.39, 0.29) is 4.90 Å². The number of sulfonamides is 1. The number of hydrogen-bond acceptors (Lipinski definition) is 2. The highest BCUT2D eigenvalue weighted by atomic mass is 79.9. The van der Waals surface area contributed by atoms with Gasteiger partial charge in [-0.15, -0.1) is 0 Å². The van der Waals surface area contributed by atoms with Crippen LogP contribution in [0.4, 0.5) is 5.69 Å². The van der Waals surface area contributed by atoms with Crippen LogP contribution in [0.15, 0.2) is 51.8 Å². The lowest BCUT2D eigenvalue weighted by molar-refractivity contribution is 0.601. The molecule has 0 unspecified atom stereocenters. The maximum atomic E-state index is 12.4. The van der Waals surface area contributed by atoms with E-state index in [9.17, 15) is 8.42 Å². The van der Waals surface area contributed by atoms with Crippen molar-refractivity contribution in [2.24, 2.45) is 0 Å². The Morgan fingerprint density at radius 3 is 2.50 bits per heavy atom. The van der Waals surface area contributed by atoms with Crippen LogP contribution in [0.25, 0.3) is 0 Å². The maximum Gasteiger partial charge on any atom is 0.261 e. The molecular formula is C15H16BrNO2S. The standard InChI is InChI=1S/C15H16BrNO2S/c1-3-12-7-4-6-11(2)15(12)17-20(18,19)14-9-5-8-13(16)10-14/h4-10,17H,3H2,1-2H3. The van der Waals surface area contributed by atoms with E-state index in [0.29, 0.717) is 5.69 Å². The second-order valence-electron chi connectivity index (χ2n) is 4.53. The molecule has 0 amide bonds. The van der Waals surface area contributed by atoms with Crippen LogP contribution in [-0.4, -0.2) is 8.42 Å². The van der Waals surface area contributed by atoms with Crippen molar-refractivity contribution in [3.63, 3.8) is 0 Å². The van der Waals surface area contributed by atoms with Gasteiger partial charge in [0.05, 0.1) is 10.6 Å². The Bertz CT molecular complexity index is 726. The summed E-state index contributed by atoms with van der Waals surface area (Å²) < 4.78 is 28.3. The molecule has 0 heterocycles. The summed E-state index contributed by atoms with van der Waals surface area (Å²) in [5.41, 5.74) is 2.58. The summed E-state index contributed by atoms with van der Waals surface area (Å²) in [6.07, 6.45) is 0.776. The van der Waals surface area contributed by atoms with Gasteiger partial charge in [0, 0.05) is 4.47 Å². The summed E-state index contributed by atoms with van der Waals surface area (Å²) in [5.74, 6) is 0. The van der Waals surface area contributed by atoms with Crippen molar-refractivity contribution in [3.05, 3.63) is 58.1 Å². The van der Waals surface area contributed by atoms with Gasteiger partial charge >= 0.3 is 0 Å². The molecular weight excluding hydrogens is 338 g/mol. The third-order valence-electron chi connectivity index (χ3n) is 3.08. The molecule has 2 rings (SSSR count). The molecule has 0 spiro atoms. The van der Waals surface area contributed by atoms with Crippen molar-refractivity contribution in [2.75, 3.05) is 4.72 Å². The van der Waals surface area contributed by atoms with Gasteiger partial charge in [0.1, 0.15) is 0 Å². The minimum Gasteiger partial charge on any atom is -0.279 e. The zero-order valence-electron chi connectivity index (χ0n) is 11.4. The van der Waals surface area contributed by atoms with Crippen LogP contribution in [0.5, 0.6) is 0 Å². The predicted octanol–water partition coefficient (Wildman–Crippen LogP) is 4.12. The lowest BCUT2D eigenvalue weighted by Crippen LogP contribution is -2.15. The molecule has 0 aromatic heterocycles. The van der Waals surface area contributed by atoms with Crippen molar-refractivity contribution < 1.29 is 8.42 Å². The average Bonchev–Trinajstić information content (AvgIpc) is 2.41. The van der Waals surface area contributed by atoms with Crippen LogP contribution < -0.4 is 4.72 Å². The van der Waals surface area contributed by atoms with Crippen molar-refractivity contribution >= 4 is 31.6 Å². The zero-order valence-corrected chi connectivity index (χ0v) is 13.8. The zero-order chi connectivity index (χ0) is 14.8. The van der Waals surface area contributed by atoms with Crippen LogP contribution >= 0.6 is 15.9 Å². The highest BCUT2D eigenvalue weighted by Crippen LogP contribution is 2.25. The Morgan fingerprint density at radius 1 is 1.15 bits per heavy atom. The molecule has 0 atom stereocenters. The lowest BCUT2D eigenvalue weighted by Gasteiger charge is -2.14. The molecule has 0 bridgehead atoms. The monoisotopic (exact) mass is 353 g/mol. The molecule has 0 saturated heterocycles. The van der Waals surface area contributed by atoms with Gasteiger partial charge < -0.3 is 0 Å². The summed E-state index contributed by atoms with van der Waals surface area (Å²) in [4.78, 5) is 0.247. The van der Waals surface area contributed by atoms with Crippen LogP contribution in [0.1, 0.15) is 18.1 Å². The van der Waals surface area contributed by atoms with Crippen molar-refractivity contribution in [1.82, 2.24) is 0 Å². The fourth-order valence-electron chi connectivity index (χ4n) is 2.00. The molecule has 0 aliphatic heterocycles. The first-order valence-electron chi connectivity index (χ1n) is 6.31. The summed E-state index contributed by atoms with van der Waals surface area (Å²) in [5, 5.41) is 0. The summed E-state index contributed by atoms with van der Waals surface area (Å²) in [6, 6.07) is 12.4. The van der Waals surface area contributed by atoms with Crippen molar-refractivity contribution in [1.29, 1.82) is 0 Å². The van der Waals surface area contributed by atoms with Gasteiger partial charge in [0.2, 0.25) is 0 Å². The number of halogens is 1. The van der Waals surface area contributed by atoms with Gasteiger partial charge in [-0.2, -0.15) is 0 Å². The van der Waals surface area contributed by atoms with E-state index in [4.69, 9.17) is 0 Å². The molecule has 5 heteroatoms. The number of nitrogens with one attached hydrogen (secondary N) is 1. The molecule has 20 heavy (non-hydrogen) atoms. The van der Waals surface area contributed by atoms with Crippen LogP contribution in [-0.2, 0) is 16.4 Å². The molecule has 106 valence electrons. The third kappa shape index (κ3) is 3.22. The van der Waals surface area contributed by atoms with E-state index in [1.807, 2.05) is 32.0 Å². The number of anilines is 1. The molecule has 0 radical (unpaired) electrons. The van der Waals surface area contributed by atoms with Crippen LogP contribution in [0.3, 0.4) is 0 Å². The van der Waals surface area contributed by atoms with Gasteiger partial charge in [-0.25, -0.2) is 8.42 Å². The Morgan fingerprint density at radius 2 is 1.85 bits per heavy atom. The maximum absolute atomic E-state index is 12.4. The summed E-state index contributed by atoms with van der Waals surface area (Å²) in [7, 11) is -3.57. The number of aryl methyl sites for hydroxylation is 2. The van der Waals surface area contributed by atoms with Crippen LogP contribution in [0.2, 0.25) is 0 Å². The van der Waals surface area contributed by atoms with Crippen molar-refractivity contribution in [3.8, 4) is 0 Å². The minimum atomic E-state index is -3.57. The number of rotatable bonds is 4. The van der Waals surface area contributed by atoms with Gasteiger partial charge in [-0.05, 0) is 42.7 Å². The first-order chi connectivity index (χ1) is 9.44. The Kier molecular flexibility index (Phi) is 4.50. The fraction of sp³-hybridized carbons (Fsp3) is 0.200. The smallest absolute Gasteiger partial charge is 0.261 e. The van der Waals surface area contributed by atoms with Crippen LogP contribution in [0, 0.1) is 6.92 Å². The first-order valence-corrected chi connectivity index (χ1v) is 8.58. The third-order valence-corrected chi connectivity index (χ3v) is 4.92. The Hall–Kier alpha value is -1.33. The van der Waals surface area contributed by atoms with Gasteiger partial charge in [-0.1, -0.05) is 47.1 Å². The van der Waals surface area contributed by atoms with Gasteiger partial charge in [0.15, 0.2) is 0 Å². The number of para-hydroxylation sites is 1. The normalized spacial score (nSPS) is 11.3. The highest BCUT2D eigenvalue weighted by Gasteiger charge is 2.17. The Balaban J connectivity index is 2.44. The molecule has 3 nitrogen and oxygen atoms in total. The second-order valence-corrected chi connectivity index (χ2v) is 7.12. The molecule has 0 aliphatic carbocycles. The van der Waals surface area contributed by atoms with Crippen molar-refractivity contribution in [2.45, 2.75) is 25.2 Å². The molecule has 1 N–H and O–H groups in total. The average molecular weight is 354 g/mol. The quantitative estimate of drug-likeness (QED) is 0.898. The van der Waals surface area contributed by atoms with Gasteiger partial charge in [0.25, 0.3) is 10.0 Å².